The van der Waals surface area contributed by atoms with E-state index in [4.69, 9.17) is 16.0 Å². The smallest absolute Gasteiger partial charge is 0.261 e. The monoisotopic (exact) mass is 530 g/mol. The van der Waals surface area contributed by atoms with Gasteiger partial charge in [0.1, 0.15) is 5.58 Å². The highest BCUT2D eigenvalue weighted by molar-refractivity contribution is 7.92. The van der Waals surface area contributed by atoms with E-state index in [1.54, 1.807) is 66.7 Å². The van der Waals surface area contributed by atoms with Gasteiger partial charge in [-0.25, -0.2) is 8.42 Å². The standard InChI is InChI=1S/C29H23ClN2O4S/c1-19-7-14-24(15-8-19)37(34,35)32-23-13-16-26-25(17-23)27(28(33)21-9-11-22(30)12-10-21)29(36-26)31-18-20-5-3-2-4-6-20/h2-17,31-32H,18H2,1H3. The first kappa shape index (κ1) is 24.6. The summed E-state index contributed by atoms with van der Waals surface area (Å²) in [6.07, 6.45) is 0. The summed E-state index contributed by atoms with van der Waals surface area (Å²) in [5.74, 6) is 0.0295. The van der Waals surface area contributed by atoms with Crippen LogP contribution in [0.5, 0.6) is 0 Å². The van der Waals surface area contributed by atoms with Crippen LogP contribution >= 0.6 is 11.6 Å². The zero-order valence-corrected chi connectivity index (χ0v) is 21.4. The van der Waals surface area contributed by atoms with Gasteiger partial charge in [0, 0.05) is 28.2 Å². The molecule has 0 unspecified atom stereocenters. The topological polar surface area (TPSA) is 88.4 Å². The van der Waals surface area contributed by atoms with E-state index in [9.17, 15) is 13.2 Å². The summed E-state index contributed by atoms with van der Waals surface area (Å²) in [6, 6.07) is 27.8. The summed E-state index contributed by atoms with van der Waals surface area (Å²) in [6.45, 7) is 2.33. The summed E-state index contributed by atoms with van der Waals surface area (Å²) in [7, 11) is -3.82. The summed E-state index contributed by atoms with van der Waals surface area (Å²) >= 11 is 6.02. The number of aryl methyl sites for hydroxylation is 1. The average molecular weight is 531 g/mol. The fourth-order valence-electron chi connectivity index (χ4n) is 3.97. The maximum atomic E-state index is 13.6. The molecule has 4 aromatic carbocycles. The number of fused-ring (bicyclic) bond motifs is 1. The Morgan fingerprint density at radius 1 is 0.892 bits per heavy atom. The van der Waals surface area contributed by atoms with Crippen LogP contribution in [0.4, 0.5) is 11.6 Å². The second-order valence-electron chi connectivity index (χ2n) is 8.61. The molecule has 1 heterocycles. The molecule has 0 saturated carbocycles. The third-order valence-electron chi connectivity index (χ3n) is 5.90. The van der Waals surface area contributed by atoms with E-state index in [0.717, 1.165) is 11.1 Å². The highest BCUT2D eigenvalue weighted by Crippen LogP contribution is 2.35. The number of rotatable bonds is 8. The van der Waals surface area contributed by atoms with E-state index in [-0.39, 0.29) is 10.7 Å². The third kappa shape index (κ3) is 5.38. The Hall–Kier alpha value is -4.07. The van der Waals surface area contributed by atoms with Crippen LogP contribution in [0.1, 0.15) is 27.0 Å². The van der Waals surface area contributed by atoms with E-state index in [1.807, 2.05) is 37.3 Å². The molecule has 0 aliphatic rings. The van der Waals surface area contributed by atoms with Crippen LogP contribution in [0.25, 0.3) is 11.0 Å². The maximum absolute atomic E-state index is 13.6. The van der Waals surface area contributed by atoms with Gasteiger partial charge in [-0.15, -0.1) is 0 Å². The quantitative estimate of drug-likeness (QED) is 0.210. The number of benzene rings is 4. The minimum atomic E-state index is -3.82. The molecule has 37 heavy (non-hydrogen) atoms. The van der Waals surface area contributed by atoms with Gasteiger partial charge in [0.2, 0.25) is 5.88 Å². The van der Waals surface area contributed by atoms with E-state index in [1.165, 1.54) is 0 Å². The number of ketones is 1. The number of nitrogens with one attached hydrogen (secondary N) is 2. The fraction of sp³-hybridized carbons (Fsp3) is 0.0690. The molecule has 5 aromatic rings. The molecular formula is C29H23ClN2O4S. The first-order valence-corrected chi connectivity index (χ1v) is 13.4. The first-order chi connectivity index (χ1) is 17.8. The fourth-order valence-corrected chi connectivity index (χ4v) is 5.14. The van der Waals surface area contributed by atoms with E-state index >= 15 is 0 Å². The van der Waals surface area contributed by atoms with E-state index < -0.39 is 10.0 Å². The Morgan fingerprint density at radius 3 is 2.30 bits per heavy atom. The van der Waals surface area contributed by atoms with Crippen molar-refractivity contribution in [1.82, 2.24) is 0 Å². The Bertz CT molecular complexity index is 1680. The lowest BCUT2D eigenvalue weighted by atomic mass is 10.0. The Morgan fingerprint density at radius 2 is 1.59 bits per heavy atom. The maximum Gasteiger partial charge on any atom is 0.261 e. The van der Waals surface area contributed by atoms with Crippen LogP contribution in [0.2, 0.25) is 5.02 Å². The second-order valence-corrected chi connectivity index (χ2v) is 10.7. The molecule has 5 rings (SSSR count). The molecule has 0 saturated heterocycles. The van der Waals surface area contributed by atoms with Gasteiger partial charge in [-0.05, 0) is 67.1 Å². The van der Waals surface area contributed by atoms with Crippen LogP contribution in [-0.4, -0.2) is 14.2 Å². The Balaban J connectivity index is 1.55. The van der Waals surface area contributed by atoms with E-state index in [2.05, 4.69) is 10.0 Å². The summed E-state index contributed by atoms with van der Waals surface area (Å²) < 4.78 is 34.6. The predicted molar refractivity (Wildman–Crippen MR) is 147 cm³/mol. The van der Waals surface area contributed by atoms with Gasteiger partial charge in [-0.3, -0.25) is 9.52 Å². The number of carbonyl (C=O) groups is 1. The molecule has 0 spiro atoms. The van der Waals surface area contributed by atoms with Gasteiger partial charge in [-0.1, -0.05) is 59.6 Å². The molecule has 0 fully saturated rings. The normalized spacial score (nSPS) is 11.4. The van der Waals surface area contributed by atoms with Crippen LogP contribution in [0.15, 0.2) is 106 Å². The second kappa shape index (κ2) is 10.1. The van der Waals surface area contributed by atoms with Crippen LogP contribution in [-0.2, 0) is 16.6 Å². The van der Waals surface area contributed by atoms with Crippen LogP contribution in [0, 0.1) is 6.92 Å². The number of hydrogen-bond acceptors (Lipinski definition) is 5. The van der Waals surface area contributed by atoms with Gasteiger partial charge < -0.3 is 9.73 Å². The largest absolute Gasteiger partial charge is 0.440 e. The van der Waals surface area contributed by atoms with Crippen molar-refractivity contribution in [2.24, 2.45) is 0 Å². The molecule has 0 radical (unpaired) electrons. The van der Waals surface area contributed by atoms with Crippen molar-refractivity contribution in [2.75, 3.05) is 10.0 Å². The third-order valence-corrected chi connectivity index (χ3v) is 7.55. The van der Waals surface area contributed by atoms with Gasteiger partial charge in [0.25, 0.3) is 10.0 Å². The van der Waals surface area contributed by atoms with Crippen molar-refractivity contribution in [3.63, 3.8) is 0 Å². The minimum Gasteiger partial charge on any atom is -0.440 e. The van der Waals surface area contributed by atoms with Gasteiger partial charge >= 0.3 is 0 Å². The Labute approximate surface area is 219 Å². The summed E-state index contributed by atoms with van der Waals surface area (Å²) in [4.78, 5) is 13.8. The van der Waals surface area contributed by atoms with Crippen molar-refractivity contribution < 1.29 is 17.6 Å². The molecule has 1 aromatic heterocycles. The first-order valence-electron chi connectivity index (χ1n) is 11.5. The molecule has 0 amide bonds. The highest BCUT2D eigenvalue weighted by atomic mass is 35.5. The molecular weight excluding hydrogens is 508 g/mol. The lowest BCUT2D eigenvalue weighted by molar-refractivity contribution is 0.104. The lowest BCUT2D eigenvalue weighted by Crippen LogP contribution is -2.13. The molecule has 186 valence electrons. The Kier molecular flexibility index (Phi) is 6.74. The molecule has 0 aliphatic heterocycles. The molecule has 0 aliphatic carbocycles. The van der Waals surface area contributed by atoms with Gasteiger partial charge in [-0.2, -0.15) is 0 Å². The number of anilines is 2. The number of halogens is 1. The summed E-state index contributed by atoms with van der Waals surface area (Å²) in [5.41, 5.74) is 3.48. The number of hydrogen-bond donors (Lipinski definition) is 2. The zero-order chi connectivity index (χ0) is 26.0. The van der Waals surface area contributed by atoms with Crippen molar-refractivity contribution in [3.8, 4) is 0 Å². The molecule has 0 atom stereocenters. The predicted octanol–water partition coefficient (Wildman–Crippen LogP) is 7.04. The van der Waals surface area contributed by atoms with Crippen molar-refractivity contribution in [1.29, 1.82) is 0 Å². The van der Waals surface area contributed by atoms with Crippen LogP contribution < -0.4 is 10.0 Å². The summed E-state index contributed by atoms with van der Waals surface area (Å²) in [5, 5.41) is 4.23. The molecule has 6 nitrogen and oxygen atoms in total. The molecule has 8 heteroatoms. The highest BCUT2D eigenvalue weighted by Gasteiger charge is 2.23. The van der Waals surface area contributed by atoms with Gasteiger partial charge in [0.15, 0.2) is 5.78 Å². The number of furan rings is 1. The SMILES string of the molecule is Cc1ccc(S(=O)(=O)Nc2ccc3oc(NCc4ccccc4)c(C(=O)c4ccc(Cl)cc4)c3c2)cc1. The average Bonchev–Trinajstić information content (AvgIpc) is 3.25. The minimum absolute atomic E-state index is 0.146. The van der Waals surface area contributed by atoms with Crippen molar-refractivity contribution in [3.05, 3.63) is 124 Å². The van der Waals surface area contributed by atoms with Crippen molar-refractivity contribution in [2.45, 2.75) is 18.4 Å². The van der Waals surface area contributed by atoms with Crippen molar-refractivity contribution >= 4 is 49.9 Å². The number of sulfonamides is 1. The van der Waals surface area contributed by atoms with Crippen LogP contribution in [0.3, 0.4) is 0 Å². The lowest BCUT2D eigenvalue weighted by Gasteiger charge is -2.09. The molecule has 0 bridgehead atoms. The van der Waals surface area contributed by atoms with Gasteiger partial charge in [0.05, 0.1) is 10.5 Å². The molecule has 2 N–H and O–H groups in total. The zero-order valence-electron chi connectivity index (χ0n) is 19.9. The van der Waals surface area contributed by atoms with E-state index in [0.29, 0.717) is 45.2 Å². The number of carbonyl (C=O) groups excluding carboxylic acids is 1.